The molecule has 110 valence electrons. The highest BCUT2D eigenvalue weighted by Gasteiger charge is 2.17. The van der Waals surface area contributed by atoms with Gasteiger partial charge in [0.15, 0.2) is 0 Å². The molecule has 5 nitrogen and oxygen atoms in total. The van der Waals surface area contributed by atoms with Crippen LogP contribution in [-0.4, -0.2) is 34.9 Å². The van der Waals surface area contributed by atoms with Gasteiger partial charge in [0.25, 0.3) is 0 Å². The van der Waals surface area contributed by atoms with Gasteiger partial charge in [-0.1, -0.05) is 39.5 Å². The molecule has 2 atom stereocenters. The lowest BCUT2D eigenvalue weighted by molar-refractivity contribution is -0.146. The summed E-state index contributed by atoms with van der Waals surface area (Å²) < 4.78 is 5.02. The molecule has 19 heavy (non-hydrogen) atoms. The van der Waals surface area contributed by atoms with Crippen molar-refractivity contribution in [3.05, 3.63) is 12.2 Å². The van der Waals surface area contributed by atoms with E-state index in [1.165, 1.54) is 0 Å². The highest BCUT2D eigenvalue weighted by molar-refractivity contribution is 5.90. The number of carboxylic acid groups (broad SMARTS) is 1. The number of hydrogen-bond acceptors (Lipinski definition) is 4. The van der Waals surface area contributed by atoms with Crippen LogP contribution in [0.5, 0.6) is 0 Å². The molecule has 0 rings (SSSR count). The third-order valence-corrected chi connectivity index (χ3v) is 2.99. The van der Waals surface area contributed by atoms with Crippen molar-refractivity contribution in [2.75, 3.05) is 6.61 Å². The summed E-state index contributed by atoms with van der Waals surface area (Å²) in [5, 5.41) is 17.6. The molecule has 0 aliphatic carbocycles. The first kappa shape index (κ1) is 17.6. The number of esters is 1. The second kappa shape index (κ2) is 10.6. The lowest BCUT2D eigenvalue weighted by Crippen LogP contribution is -2.24. The van der Waals surface area contributed by atoms with E-state index in [2.05, 4.69) is 13.8 Å². The molecule has 0 amide bonds. The van der Waals surface area contributed by atoms with Crippen molar-refractivity contribution < 1.29 is 24.5 Å². The minimum Gasteiger partial charge on any atom is -0.478 e. The third kappa shape index (κ3) is 9.25. The predicted molar refractivity (Wildman–Crippen MR) is 71.7 cm³/mol. The minimum atomic E-state index is -1.20. The van der Waals surface area contributed by atoms with Gasteiger partial charge in [0.05, 0.1) is 6.61 Å². The van der Waals surface area contributed by atoms with Gasteiger partial charge in [-0.2, -0.15) is 0 Å². The predicted octanol–water partition coefficient (Wildman–Crippen LogP) is 2.14. The summed E-state index contributed by atoms with van der Waals surface area (Å²) in [6, 6.07) is 0. The second-order valence-corrected chi connectivity index (χ2v) is 4.57. The fourth-order valence-electron chi connectivity index (χ4n) is 1.86. The van der Waals surface area contributed by atoms with Crippen molar-refractivity contribution in [3.63, 3.8) is 0 Å². The molecular weight excluding hydrogens is 248 g/mol. The Morgan fingerprint density at radius 1 is 1.26 bits per heavy atom. The van der Waals surface area contributed by atoms with Gasteiger partial charge < -0.3 is 14.9 Å². The van der Waals surface area contributed by atoms with Crippen LogP contribution in [-0.2, 0) is 14.3 Å². The first-order chi connectivity index (χ1) is 9.03. The maximum atomic E-state index is 11.3. The van der Waals surface area contributed by atoms with Crippen LogP contribution in [0.3, 0.4) is 0 Å². The van der Waals surface area contributed by atoms with Gasteiger partial charge >= 0.3 is 11.9 Å². The number of carbonyl (C=O) groups excluding carboxylic acids is 1. The molecule has 0 spiro atoms. The van der Waals surface area contributed by atoms with Crippen molar-refractivity contribution in [1.29, 1.82) is 0 Å². The molecule has 0 aromatic rings. The minimum absolute atomic E-state index is 0.241. The molecular formula is C14H24O5. The van der Waals surface area contributed by atoms with Crippen LogP contribution in [0.15, 0.2) is 12.2 Å². The van der Waals surface area contributed by atoms with Gasteiger partial charge in [-0.25, -0.2) is 9.59 Å². The summed E-state index contributed by atoms with van der Waals surface area (Å²) in [6.07, 6.45) is 5.88. The quantitative estimate of drug-likeness (QED) is 0.470. The first-order valence-corrected chi connectivity index (χ1v) is 6.75. The first-order valence-electron chi connectivity index (χ1n) is 6.75. The standard InChI is InChI=1S/C14H24O5/c1-3-5-6-11(4-2)9-12(10-15)19-14(18)8-7-13(16)17/h7-8,11-12,15H,3-6,9-10H2,1-2H3,(H,16,17)/b8-7-. The maximum Gasteiger partial charge on any atom is 0.331 e. The lowest BCUT2D eigenvalue weighted by atomic mass is 9.93. The van der Waals surface area contributed by atoms with Crippen molar-refractivity contribution in [2.24, 2.45) is 5.92 Å². The molecule has 0 radical (unpaired) electrons. The van der Waals surface area contributed by atoms with E-state index in [0.717, 1.165) is 37.8 Å². The summed E-state index contributed by atoms with van der Waals surface area (Å²) in [4.78, 5) is 21.6. The molecule has 0 saturated carbocycles. The second-order valence-electron chi connectivity index (χ2n) is 4.57. The van der Waals surface area contributed by atoms with E-state index in [0.29, 0.717) is 12.3 Å². The molecule has 5 heteroatoms. The van der Waals surface area contributed by atoms with E-state index < -0.39 is 18.0 Å². The number of carboxylic acids is 1. The fourth-order valence-corrected chi connectivity index (χ4v) is 1.86. The SMILES string of the molecule is CCCCC(CC)CC(CO)OC(=O)/C=C\C(=O)O. The number of hydrogen-bond donors (Lipinski definition) is 2. The fraction of sp³-hybridized carbons (Fsp3) is 0.714. The van der Waals surface area contributed by atoms with Crippen molar-refractivity contribution >= 4 is 11.9 Å². The molecule has 0 saturated heterocycles. The Bertz CT molecular complexity index is 298. The Morgan fingerprint density at radius 3 is 2.42 bits per heavy atom. The van der Waals surface area contributed by atoms with Crippen molar-refractivity contribution in [1.82, 2.24) is 0 Å². The number of rotatable bonds is 10. The highest BCUT2D eigenvalue weighted by atomic mass is 16.5. The van der Waals surface area contributed by atoms with Gasteiger partial charge in [0.2, 0.25) is 0 Å². The van der Waals surface area contributed by atoms with Gasteiger partial charge in [0.1, 0.15) is 6.10 Å². The van der Waals surface area contributed by atoms with Crippen LogP contribution < -0.4 is 0 Å². The number of ether oxygens (including phenoxy) is 1. The van der Waals surface area contributed by atoms with E-state index in [9.17, 15) is 14.7 Å². The van der Waals surface area contributed by atoms with Crippen LogP contribution in [0.1, 0.15) is 46.0 Å². The molecule has 0 aromatic heterocycles. The number of carbonyl (C=O) groups is 2. The van der Waals surface area contributed by atoms with Crippen LogP contribution >= 0.6 is 0 Å². The molecule has 0 aliphatic rings. The van der Waals surface area contributed by atoms with Gasteiger partial charge in [-0.05, 0) is 12.3 Å². The molecule has 0 aromatic carbocycles. The zero-order valence-electron chi connectivity index (χ0n) is 11.7. The molecule has 0 heterocycles. The Balaban J connectivity index is 4.25. The molecule has 2 N–H and O–H groups in total. The van der Waals surface area contributed by atoms with Gasteiger partial charge in [-0.3, -0.25) is 0 Å². The van der Waals surface area contributed by atoms with E-state index >= 15 is 0 Å². The van der Waals surface area contributed by atoms with E-state index in [4.69, 9.17) is 9.84 Å². The van der Waals surface area contributed by atoms with E-state index in [1.807, 2.05) is 0 Å². The monoisotopic (exact) mass is 272 g/mol. The Hall–Kier alpha value is -1.36. The molecule has 0 aliphatic heterocycles. The number of aliphatic hydroxyl groups is 1. The molecule has 2 unspecified atom stereocenters. The Morgan fingerprint density at radius 2 is 1.95 bits per heavy atom. The zero-order valence-corrected chi connectivity index (χ0v) is 11.7. The van der Waals surface area contributed by atoms with Crippen LogP contribution in [0, 0.1) is 5.92 Å². The summed E-state index contributed by atoms with van der Waals surface area (Å²) in [7, 11) is 0. The number of unbranched alkanes of at least 4 members (excludes halogenated alkanes) is 1. The average molecular weight is 272 g/mol. The Kier molecular flexibility index (Phi) is 9.80. The van der Waals surface area contributed by atoms with E-state index in [1.54, 1.807) is 0 Å². The summed E-state index contributed by atoms with van der Waals surface area (Å²) in [5.74, 6) is -1.52. The maximum absolute atomic E-state index is 11.3. The highest BCUT2D eigenvalue weighted by Crippen LogP contribution is 2.20. The largest absolute Gasteiger partial charge is 0.478 e. The number of aliphatic carboxylic acids is 1. The normalized spacial score (nSPS) is 14.3. The smallest absolute Gasteiger partial charge is 0.331 e. The van der Waals surface area contributed by atoms with Crippen LogP contribution in [0.25, 0.3) is 0 Å². The van der Waals surface area contributed by atoms with Crippen molar-refractivity contribution in [2.45, 2.75) is 52.1 Å². The summed E-state index contributed by atoms with van der Waals surface area (Å²) in [5.41, 5.74) is 0. The number of aliphatic hydroxyl groups excluding tert-OH is 1. The van der Waals surface area contributed by atoms with Gasteiger partial charge in [0, 0.05) is 12.2 Å². The summed E-state index contributed by atoms with van der Waals surface area (Å²) >= 11 is 0. The van der Waals surface area contributed by atoms with Gasteiger partial charge in [-0.15, -0.1) is 0 Å². The summed E-state index contributed by atoms with van der Waals surface area (Å²) in [6.45, 7) is 3.95. The Labute approximate surface area is 114 Å². The molecule has 0 fully saturated rings. The molecule has 0 bridgehead atoms. The lowest BCUT2D eigenvalue weighted by Gasteiger charge is -2.20. The third-order valence-electron chi connectivity index (χ3n) is 2.99. The van der Waals surface area contributed by atoms with Crippen LogP contribution in [0.4, 0.5) is 0 Å². The zero-order chi connectivity index (χ0) is 14.7. The van der Waals surface area contributed by atoms with Crippen molar-refractivity contribution in [3.8, 4) is 0 Å². The topological polar surface area (TPSA) is 83.8 Å². The average Bonchev–Trinajstić information content (AvgIpc) is 2.39. The van der Waals surface area contributed by atoms with E-state index in [-0.39, 0.29) is 6.61 Å². The van der Waals surface area contributed by atoms with Crippen LogP contribution in [0.2, 0.25) is 0 Å².